The molecule has 3 rings (SSSR count). The third-order valence-electron chi connectivity index (χ3n) is 4.77. The van der Waals surface area contributed by atoms with E-state index in [0.717, 1.165) is 39.6 Å². The maximum atomic E-state index is 13.1. The van der Waals surface area contributed by atoms with Crippen LogP contribution in [0.25, 0.3) is 10.2 Å². The Bertz CT molecular complexity index is 1000. The van der Waals surface area contributed by atoms with Gasteiger partial charge in [0.1, 0.15) is 5.75 Å². The number of ether oxygens (including phenoxy) is 1. The number of hydrogen-bond donors (Lipinski definition) is 0. The zero-order valence-electron chi connectivity index (χ0n) is 18.3. The first-order chi connectivity index (χ1) is 13.8. The van der Waals surface area contributed by atoms with Gasteiger partial charge in [0.05, 0.1) is 10.2 Å². The molecule has 1 heterocycles. The van der Waals surface area contributed by atoms with Crippen molar-refractivity contribution in [1.82, 2.24) is 9.88 Å². The molecule has 0 saturated carbocycles. The average molecular weight is 448 g/mol. The zero-order chi connectivity index (χ0) is 21.0. The second-order valence-electron chi connectivity index (χ2n) is 7.68. The van der Waals surface area contributed by atoms with Gasteiger partial charge >= 0.3 is 0 Å². The van der Waals surface area contributed by atoms with Crippen LogP contribution >= 0.6 is 23.7 Å². The van der Waals surface area contributed by atoms with E-state index < -0.39 is 0 Å². The average Bonchev–Trinajstić information content (AvgIpc) is 3.08. The zero-order valence-corrected chi connectivity index (χ0v) is 19.9. The summed E-state index contributed by atoms with van der Waals surface area (Å²) in [6.07, 6.45) is 0.872. The number of anilines is 1. The maximum Gasteiger partial charge on any atom is 0.266 e. The molecule has 0 saturated heterocycles. The summed E-state index contributed by atoms with van der Waals surface area (Å²) in [5.41, 5.74) is 4.35. The van der Waals surface area contributed by atoms with E-state index >= 15 is 0 Å². The van der Waals surface area contributed by atoms with Crippen molar-refractivity contribution in [2.75, 3.05) is 38.7 Å². The Morgan fingerprint density at radius 2 is 1.80 bits per heavy atom. The Labute approximate surface area is 189 Å². The molecule has 0 N–H and O–H groups in total. The number of carbonyl (C=O) groups is 1. The standard InChI is InChI=1S/C23H29N3O2S.ClH/c1-16-13-18(3)22-19(14-16)24-23(29-22)26(12-8-11-25(4)5)21(27)15-28-20-10-7-6-9-17(20)2;/h6-7,9-10,13-14H,8,11-12,15H2,1-5H3;1H. The van der Waals surface area contributed by atoms with Crippen LogP contribution in [0.1, 0.15) is 23.1 Å². The van der Waals surface area contributed by atoms with Gasteiger partial charge in [0.15, 0.2) is 11.7 Å². The minimum Gasteiger partial charge on any atom is -0.483 e. The SMILES string of the molecule is Cc1cc(C)c2sc(N(CCCN(C)C)C(=O)COc3ccccc3C)nc2c1.Cl. The quantitative estimate of drug-likeness (QED) is 0.487. The highest BCUT2D eigenvalue weighted by Gasteiger charge is 2.21. The topological polar surface area (TPSA) is 45.7 Å². The molecule has 162 valence electrons. The summed E-state index contributed by atoms with van der Waals surface area (Å²) in [7, 11) is 4.08. The van der Waals surface area contributed by atoms with E-state index in [1.165, 1.54) is 11.1 Å². The number of hydrogen-bond acceptors (Lipinski definition) is 5. The summed E-state index contributed by atoms with van der Waals surface area (Å²) >= 11 is 1.58. The van der Waals surface area contributed by atoms with Crippen molar-refractivity contribution in [2.24, 2.45) is 0 Å². The van der Waals surface area contributed by atoms with Crippen LogP contribution in [0.2, 0.25) is 0 Å². The molecular weight excluding hydrogens is 418 g/mol. The Balaban J connectivity index is 0.00000320. The van der Waals surface area contributed by atoms with Crippen LogP contribution in [0.3, 0.4) is 0 Å². The summed E-state index contributed by atoms with van der Waals surface area (Å²) in [4.78, 5) is 21.8. The Morgan fingerprint density at radius 1 is 1.07 bits per heavy atom. The number of nitrogens with zero attached hydrogens (tertiary/aromatic N) is 3. The highest BCUT2D eigenvalue weighted by Crippen LogP contribution is 2.32. The molecule has 2 aromatic carbocycles. The number of aromatic nitrogens is 1. The summed E-state index contributed by atoms with van der Waals surface area (Å²) in [6.45, 7) is 7.67. The first-order valence-electron chi connectivity index (χ1n) is 9.86. The van der Waals surface area contributed by atoms with E-state index in [0.29, 0.717) is 6.54 Å². The molecule has 0 aliphatic rings. The molecule has 5 nitrogen and oxygen atoms in total. The highest BCUT2D eigenvalue weighted by molar-refractivity contribution is 7.22. The minimum atomic E-state index is -0.0690. The minimum absolute atomic E-state index is 0. The van der Waals surface area contributed by atoms with Gasteiger partial charge in [-0.1, -0.05) is 35.6 Å². The maximum absolute atomic E-state index is 13.1. The van der Waals surface area contributed by atoms with Crippen molar-refractivity contribution < 1.29 is 9.53 Å². The van der Waals surface area contributed by atoms with Crippen LogP contribution in [0.15, 0.2) is 36.4 Å². The van der Waals surface area contributed by atoms with Crippen LogP contribution in [0.5, 0.6) is 5.75 Å². The molecule has 7 heteroatoms. The van der Waals surface area contributed by atoms with Gasteiger partial charge in [0.2, 0.25) is 0 Å². The summed E-state index contributed by atoms with van der Waals surface area (Å²) in [5.74, 6) is 0.672. The van der Waals surface area contributed by atoms with Gasteiger partial charge in [0.25, 0.3) is 5.91 Å². The van der Waals surface area contributed by atoms with Gasteiger partial charge in [-0.25, -0.2) is 4.98 Å². The van der Waals surface area contributed by atoms with Gasteiger partial charge in [-0.3, -0.25) is 9.69 Å². The molecule has 0 aliphatic heterocycles. The molecule has 3 aromatic rings. The van der Waals surface area contributed by atoms with Gasteiger partial charge in [0, 0.05) is 6.54 Å². The Morgan fingerprint density at radius 3 is 2.50 bits per heavy atom. The molecule has 0 aliphatic carbocycles. The predicted molar refractivity (Wildman–Crippen MR) is 129 cm³/mol. The van der Waals surface area contributed by atoms with E-state index in [4.69, 9.17) is 9.72 Å². The second kappa shape index (κ2) is 10.8. The molecule has 1 aromatic heterocycles. The number of fused-ring (bicyclic) bond motifs is 1. The summed E-state index contributed by atoms with van der Waals surface area (Å²) in [5, 5.41) is 0.742. The molecule has 0 bridgehead atoms. The van der Waals surface area contributed by atoms with Crippen LogP contribution in [-0.4, -0.2) is 49.6 Å². The number of carbonyl (C=O) groups excluding carboxylic acids is 1. The lowest BCUT2D eigenvalue weighted by molar-refractivity contribution is -0.120. The van der Waals surface area contributed by atoms with E-state index in [1.54, 1.807) is 16.2 Å². The van der Waals surface area contributed by atoms with E-state index in [-0.39, 0.29) is 24.9 Å². The third kappa shape index (κ3) is 5.94. The molecular formula is C23H30ClN3O2S. The van der Waals surface area contributed by atoms with Crippen molar-refractivity contribution in [3.8, 4) is 5.75 Å². The largest absolute Gasteiger partial charge is 0.483 e. The van der Waals surface area contributed by atoms with Crippen molar-refractivity contribution in [1.29, 1.82) is 0 Å². The van der Waals surface area contributed by atoms with Gasteiger partial charge in [-0.05, 0) is 76.7 Å². The van der Waals surface area contributed by atoms with Gasteiger partial charge < -0.3 is 9.64 Å². The lowest BCUT2D eigenvalue weighted by atomic mass is 10.1. The van der Waals surface area contributed by atoms with Crippen LogP contribution < -0.4 is 9.64 Å². The lowest BCUT2D eigenvalue weighted by Crippen LogP contribution is -2.36. The van der Waals surface area contributed by atoms with Crippen LogP contribution in [0.4, 0.5) is 5.13 Å². The lowest BCUT2D eigenvalue weighted by Gasteiger charge is -2.21. The first kappa shape index (κ1) is 24.1. The van der Waals surface area contributed by atoms with Crippen molar-refractivity contribution >= 4 is 45.0 Å². The molecule has 0 radical (unpaired) electrons. The van der Waals surface area contributed by atoms with Crippen molar-refractivity contribution in [2.45, 2.75) is 27.2 Å². The fourth-order valence-corrected chi connectivity index (χ4v) is 4.35. The Hall–Kier alpha value is -2.15. The fraction of sp³-hybridized carbons (Fsp3) is 0.391. The molecule has 0 atom stereocenters. The van der Waals surface area contributed by atoms with E-state index in [9.17, 15) is 4.79 Å². The van der Waals surface area contributed by atoms with Gasteiger partial charge in [-0.15, -0.1) is 12.4 Å². The summed E-state index contributed by atoms with van der Waals surface area (Å²) < 4.78 is 6.96. The molecule has 0 fully saturated rings. The number of thiazole rings is 1. The van der Waals surface area contributed by atoms with E-state index in [1.807, 2.05) is 45.3 Å². The van der Waals surface area contributed by atoms with Gasteiger partial charge in [-0.2, -0.15) is 0 Å². The van der Waals surface area contributed by atoms with Crippen LogP contribution in [-0.2, 0) is 4.79 Å². The second-order valence-corrected chi connectivity index (χ2v) is 8.66. The highest BCUT2D eigenvalue weighted by atomic mass is 35.5. The van der Waals surface area contributed by atoms with E-state index in [2.05, 4.69) is 30.9 Å². The summed E-state index contributed by atoms with van der Waals surface area (Å²) in [6, 6.07) is 12.0. The number of benzene rings is 2. The number of halogens is 1. The predicted octanol–water partition coefficient (Wildman–Crippen LogP) is 5.01. The molecule has 30 heavy (non-hydrogen) atoms. The monoisotopic (exact) mass is 447 g/mol. The third-order valence-corrected chi connectivity index (χ3v) is 6.00. The number of aryl methyl sites for hydroxylation is 3. The van der Waals surface area contributed by atoms with Crippen molar-refractivity contribution in [3.05, 3.63) is 53.1 Å². The smallest absolute Gasteiger partial charge is 0.266 e. The first-order valence-corrected chi connectivity index (χ1v) is 10.7. The van der Waals surface area contributed by atoms with Crippen molar-refractivity contribution in [3.63, 3.8) is 0 Å². The Kier molecular flexibility index (Phi) is 8.65. The molecule has 0 unspecified atom stereocenters. The molecule has 1 amide bonds. The fourth-order valence-electron chi connectivity index (χ4n) is 3.29. The molecule has 0 spiro atoms. The number of para-hydroxylation sites is 1. The number of rotatable bonds is 8. The number of amides is 1. The normalized spacial score (nSPS) is 10.9. The van der Waals surface area contributed by atoms with Crippen LogP contribution in [0, 0.1) is 20.8 Å².